The van der Waals surface area contributed by atoms with Crippen LogP contribution in [0, 0.1) is 0 Å². The van der Waals surface area contributed by atoms with E-state index in [1.165, 1.54) is 0 Å². The van der Waals surface area contributed by atoms with E-state index in [1.807, 2.05) is 91.0 Å². The number of rotatable bonds is 6. The van der Waals surface area contributed by atoms with Crippen molar-refractivity contribution in [3.05, 3.63) is 91.0 Å². The molecule has 140 valence electrons. The molecule has 3 nitrogen and oxygen atoms in total. The van der Waals surface area contributed by atoms with Crippen LogP contribution in [0.4, 0.5) is 0 Å². The van der Waals surface area contributed by atoms with E-state index in [0.29, 0.717) is 25.8 Å². The third kappa shape index (κ3) is 3.22. The molecule has 0 spiro atoms. The summed E-state index contributed by atoms with van der Waals surface area (Å²) in [6.07, 6.45) is 0.969. The van der Waals surface area contributed by atoms with Crippen LogP contribution in [0.25, 0.3) is 0 Å². The molecule has 1 N–H and O–H groups in total. The van der Waals surface area contributed by atoms with Crippen molar-refractivity contribution in [3.8, 4) is 0 Å². The third-order valence-corrected chi connectivity index (χ3v) is 10.8. The fraction of sp³-hybridized carbons (Fsp3) is 0.217. The van der Waals surface area contributed by atoms with Crippen LogP contribution >= 0.6 is 6.83 Å². The number of hydrogen-bond acceptors (Lipinski definition) is 3. The van der Waals surface area contributed by atoms with Crippen molar-refractivity contribution in [2.24, 2.45) is 0 Å². The predicted octanol–water partition coefficient (Wildman–Crippen LogP) is 3.19. The van der Waals surface area contributed by atoms with Crippen LogP contribution in [0.1, 0.15) is 6.42 Å². The molecule has 0 bridgehead atoms. The van der Waals surface area contributed by atoms with Crippen molar-refractivity contribution >= 4 is 22.7 Å². The summed E-state index contributed by atoms with van der Waals surface area (Å²) < 4.78 is 11.4. The molecule has 0 saturated carbocycles. The fourth-order valence-electron chi connectivity index (χ4n) is 4.01. The first-order chi connectivity index (χ1) is 13.2. The molecule has 0 atom stereocenters. The minimum atomic E-state index is -3.66. The molecule has 1 saturated heterocycles. The Kier molecular flexibility index (Phi) is 5.12. The zero-order valence-electron chi connectivity index (χ0n) is 15.3. The van der Waals surface area contributed by atoms with E-state index in [0.717, 1.165) is 15.9 Å². The Hall–Kier alpha value is -2.03. The van der Waals surface area contributed by atoms with Crippen molar-refractivity contribution in [2.75, 3.05) is 19.4 Å². The van der Waals surface area contributed by atoms with Crippen LogP contribution in [-0.4, -0.2) is 30.6 Å². The Bertz CT molecular complexity index is 762. The normalized spacial score (nSPS) is 16.7. The molecule has 0 unspecified atom stereocenters. The molecule has 0 aromatic heterocycles. The first-order valence-electron chi connectivity index (χ1n) is 9.38. The molecule has 4 rings (SSSR count). The minimum absolute atomic E-state index is 0.255. The SMILES string of the molecule is OP(CCC1OCCO1)(c1ccccc1)(c1ccccc1)c1ccccc1. The second kappa shape index (κ2) is 7.53. The summed E-state index contributed by atoms with van der Waals surface area (Å²) in [5, 5.41) is 2.91. The van der Waals surface area contributed by atoms with Crippen LogP contribution < -0.4 is 15.9 Å². The fourth-order valence-corrected chi connectivity index (χ4v) is 8.84. The van der Waals surface area contributed by atoms with Gasteiger partial charge in [0.15, 0.2) is 0 Å². The number of benzene rings is 3. The van der Waals surface area contributed by atoms with Gasteiger partial charge in [-0.3, -0.25) is 0 Å². The van der Waals surface area contributed by atoms with Gasteiger partial charge in [0, 0.05) is 0 Å². The van der Waals surface area contributed by atoms with Gasteiger partial charge in [-0.15, -0.1) is 0 Å². The van der Waals surface area contributed by atoms with E-state index in [1.54, 1.807) is 0 Å². The molecule has 3 aromatic rings. The van der Waals surface area contributed by atoms with Gasteiger partial charge >= 0.3 is 160 Å². The predicted molar refractivity (Wildman–Crippen MR) is 113 cm³/mol. The van der Waals surface area contributed by atoms with E-state index in [2.05, 4.69) is 0 Å². The molecular weight excluding hydrogens is 355 g/mol. The Morgan fingerprint density at radius 3 is 1.41 bits per heavy atom. The van der Waals surface area contributed by atoms with Gasteiger partial charge in [0.25, 0.3) is 0 Å². The van der Waals surface area contributed by atoms with E-state index in [9.17, 15) is 4.89 Å². The summed E-state index contributed by atoms with van der Waals surface area (Å²) in [4.78, 5) is 12.9. The zero-order chi connectivity index (χ0) is 18.6. The first kappa shape index (κ1) is 18.3. The third-order valence-electron chi connectivity index (χ3n) is 5.43. The maximum absolute atomic E-state index is 12.9. The van der Waals surface area contributed by atoms with Crippen molar-refractivity contribution in [2.45, 2.75) is 12.7 Å². The number of hydrogen-bond donors (Lipinski definition) is 1. The summed E-state index contributed by atoms with van der Waals surface area (Å²) in [5.74, 6) is 0. The Labute approximate surface area is 160 Å². The van der Waals surface area contributed by atoms with E-state index in [4.69, 9.17) is 9.47 Å². The van der Waals surface area contributed by atoms with Gasteiger partial charge in [-0.25, -0.2) is 0 Å². The van der Waals surface area contributed by atoms with Gasteiger partial charge in [-0.1, -0.05) is 0 Å². The average Bonchev–Trinajstić information content (AvgIpc) is 3.28. The Morgan fingerprint density at radius 1 is 0.667 bits per heavy atom. The Morgan fingerprint density at radius 2 is 1.04 bits per heavy atom. The molecule has 1 aliphatic rings. The molecule has 0 amide bonds. The first-order valence-corrected chi connectivity index (χ1v) is 11.8. The van der Waals surface area contributed by atoms with Crippen LogP contribution in [0.15, 0.2) is 91.0 Å². The Balaban J connectivity index is 1.93. The van der Waals surface area contributed by atoms with E-state index < -0.39 is 6.83 Å². The topological polar surface area (TPSA) is 38.7 Å². The van der Waals surface area contributed by atoms with Crippen molar-refractivity contribution in [1.29, 1.82) is 0 Å². The standard InChI is InChI=1S/C23H25O3P/c24-27(20-10-4-1-5-11-20,21-12-6-2-7-13-21,22-14-8-3-9-15-22)19-16-23-25-17-18-26-23/h1-15,23-24H,16-19H2. The number of ether oxygens (including phenoxy) is 2. The second-order valence-electron chi connectivity index (χ2n) is 6.94. The molecule has 1 aliphatic heterocycles. The van der Waals surface area contributed by atoms with Crippen molar-refractivity contribution in [3.63, 3.8) is 0 Å². The van der Waals surface area contributed by atoms with Crippen molar-refractivity contribution in [1.82, 2.24) is 0 Å². The second-order valence-corrected chi connectivity index (χ2v) is 11.4. The van der Waals surface area contributed by atoms with Crippen LogP contribution in [-0.2, 0) is 9.47 Å². The molecule has 0 aliphatic carbocycles. The van der Waals surface area contributed by atoms with Crippen molar-refractivity contribution < 1.29 is 14.4 Å². The van der Waals surface area contributed by atoms with Gasteiger partial charge in [0.05, 0.1) is 0 Å². The monoisotopic (exact) mass is 380 g/mol. The van der Waals surface area contributed by atoms with E-state index >= 15 is 0 Å². The van der Waals surface area contributed by atoms with Crippen LogP contribution in [0.5, 0.6) is 0 Å². The zero-order valence-corrected chi connectivity index (χ0v) is 16.2. The molecule has 4 heteroatoms. The van der Waals surface area contributed by atoms with Crippen LogP contribution in [0.3, 0.4) is 0 Å². The van der Waals surface area contributed by atoms with Gasteiger partial charge in [0.2, 0.25) is 0 Å². The average molecular weight is 380 g/mol. The van der Waals surface area contributed by atoms with Gasteiger partial charge < -0.3 is 0 Å². The quantitative estimate of drug-likeness (QED) is 0.668. The molecule has 0 radical (unpaired) electrons. The van der Waals surface area contributed by atoms with Gasteiger partial charge in [-0.05, 0) is 0 Å². The van der Waals surface area contributed by atoms with E-state index in [-0.39, 0.29) is 6.29 Å². The van der Waals surface area contributed by atoms with Crippen LogP contribution in [0.2, 0.25) is 0 Å². The molecule has 1 heterocycles. The summed E-state index contributed by atoms with van der Waals surface area (Å²) in [6.45, 7) is -2.43. The molecule has 1 fully saturated rings. The summed E-state index contributed by atoms with van der Waals surface area (Å²) in [7, 11) is 0. The maximum atomic E-state index is 12.9. The summed E-state index contributed by atoms with van der Waals surface area (Å²) in [6, 6.07) is 30.3. The van der Waals surface area contributed by atoms with Gasteiger partial charge in [0.1, 0.15) is 0 Å². The summed E-state index contributed by atoms with van der Waals surface area (Å²) in [5.41, 5.74) is 0. The molecule has 3 aromatic carbocycles. The molecule has 27 heavy (non-hydrogen) atoms. The van der Waals surface area contributed by atoms with Gasteiger partial charge in [-0.2, -0.15) is 0 Å². The molecular formula is C23H25O3P. The summed E-state index contributed by atoms with van der Waals surface area (Å²) >= 11 is 0.